The van der Waals surface area contributed by atoms with Gasteiger partial charge in [0.25, 0.3) is 5.91 Å². The Bertz CT molecular complexity index is 913. The minimum atomic E-state index is -0.0531. The predicted octanol–water partition coefficient (Wildman–Crippen LogP) is 3.31. The third-order valence-corrected chi connectivity index (χ3v) is 5.24. The first kappa shape index (κ1) is 14.6. The van der Waals surface area contributed by atoms with E-state index in [1.807, 2.05) is 40.9 Å². The van der Waals surface area contributed by atoms with Gasteiger partial charge in [-0.3, -0.25) is 14.2 Å². The second-order valence-corrected chi connectivity index (χ2v) is 7.16. The van der Waals surface area contributed by atoms with Gasteiger partial charge >= 0.3 is 0 Å². The summed E-state index contributed by atoms with van der Waals surface area (Å²) in [6.07, 6.45) is 10.4. The number of hydrogen-bond acceptors (Lipinski definition) is 3. The molecule has 2 aliphatic rings. The van der Waals surface area contributed by atoms with Gasteiger partial charge in [0.2, 0.25) is 0 Å². The number of carbonyl (C=O) groups is 1. The fourth-order valence-electron chi connectivity index (χ4n) is 3.65. The van der Waals surface area contributed by atoms with Gasteiger partial charge in [-0.1, -0.05) is 6.07 Å². The zero-order chi connectivity index (χ0) is 16.8. The summed E-state index contributed by atoms with van der Waals surface area (Å²) >= 11 is 0. The number of rotatable bonds is 5. The van der Waals surface area contributed by atoms with Crippen LogP contribution >= 0.6 is 0 Å². The lowest BCUT2D eigenvalue weighted by Crippen LogP contribution is -2.38. The summed E-state index contributed by atoms with van der Waals surface area (Å²) in [5, 5.41) is 3.28. The maximum atomic E-state index is 13.0. The molecule has 0 saturated heterocycles. The zero-order valence-corrected chi connectivity index (χ0v) is 13.9. The molecule has 25 heavy (non-hydrogen) atoms. The smallest absolute Gasteiger partial charge is 0.272 e. The minimum absolute atomic E-state index is 0.0531. The molecule has 2 aliphatic carbocycles. The Hall–Kier alpha value is -2.69. The molecule has 5 heteroatoms. The van der Waals surface area contributed by atoms with Crippen LogP contribution in [0.5, 0.6) is 0 Å². The molecule has 0 spiro atoms. The number of pyridine rings is 2. The van der Waals surface area contributed by atoms with Gasteiger partial charge in [-0.05, 0) is 61.8 Å². The lowest BCUT2D eigenvalue weighted by Gasteiger charge is -2.16. The van der Waals surface area contributed by atoms with Gasteiger partial charge < -0.3 is 5.32 Å². The summed E-state index contributed by atoms with van der Waals surface area (Å²) in [5.41, 5.74) is 2.25. The molecule has 2 saturated carbocycles. The molecule has 0 aromatic carbocycles. The van der Waals surface area contributed by atoms with Crippen molar-refractivity contribution in [2.24, 2.45) is 11.8 Å². The van der Waals surface area contributed by atoms with Crippen molar-refractivity contribution >= 4 is 11.4 Å². The maximum absolute atomic E-state index is 13.0. The van der Waals surface area contributed by atoms with E-state index in [-0.39, 0.29) is 5.91 Å². The van der Waals surface area contributed by atoms with E-state index in [1.54, 1.807) is 12.4 Å². The molecular weight excluding hydrogens is 312 g/mol. The van der Waals surface area contributed by atoms with Crippen molar-refractivity contribution in [3.63, 3.8) is 0 Å². The quantitative estimate of drug-likeness (QED) is 0.780. The summed E-state index contributed by atoms with van der Waals surface area (Å²) < 4.78 is 1.97. The van der Waals surface area contributed by atoms with Gasteiger partial charge in [0.05, 0.1) is 5.52 Å². The third kappa shape index (κ3) is 2.69. The lowest BCUT2D eigenvalue weighted by molar-refractivity contribution is 0.0923. The van der Waals surface area contributed by atoms with E-state index in [9.17, 15) is 4.79 Å². The van der Waals surface area contributed by atoms with Crippen molar-refractivity contribution in [1.29, 1.82) is 0 Å². The Balaban J connectivity index is 1.53. The highest BCUT2D eigenvalue weighted by molar-refractivity contribution is 6.00. The van der Waals surface area contributed by atoms with E-state index in [4.69, 9.17) is 0 Å². The maximum Gasteiger partial charge on any atom is 0.272 e. The van der Waals surface area contributed by atoms with Gasteiger partial charge in [-0.15, -0.1) is 0 Å². The summed E-state index contributed by atoms with van der Waals surface area (Å²) in [4.78, 5) is 21.8. The number of aromatic nitrogens is 3. The van der Waals surface area contributed by atoms with Crippen LogP contribution in [0.3, 0.4) is 0 Å². The van der Waals surface area contributed by atoms with Crippen LogP contribution in [0.4, 0.5) is 0 Å². The van der Waals surface area contributed by atoms with E-state index >= 15 is 0 Å². The monoisotopic (exact) mass is 332 g/mol. The summed E-state index contributed by atoms with van der Waals surface area (Å²) in [7, 11) is 0. The fraction of sp³-hybridized carbons (Fsp3) is 0.350. The second-order valence-electron chi connectivity index (χ2n) is 7.16. The average molecular weight is 332 g/mol. The molecule has 3 heterocycles. The highest BCUT2D eigenvalue weighted by atomic mass is 16.2. The summed E-state index contributed by atoms with van der Waals surface area (Å²) in [5.74, 6) is 2.04. The molecule has 0 aliphatic heterocycles. The molecule has 0 radical (unpaired) electrons. The normalized spacial score (nSPS) is 17.2. The zero-order valence-electron chi connectivity index (χ0n) is 13.9. The first-order valence-electron chi connectivity index (χ1n) is 8.99. The van der Waals surface area contributed by atoms with Crippen LogP contribution in [0, 0.1) is 11.8 Å². The van der Waals surface area contributed by atoms with Crippen molar-refractivity contribution in [3.05, 3.63) is 54.6 Å². The van der Waals surface area contributed by atoms with Crippen LogP contribution in [-0.2, 0) is 0 Å². The number of imidazole rings is 1. The number of amides is 1. The first-order valence-corrected chi connectivity index (χ1v) is 8.99. The van der Waals surface area contributed by atoms with Crippen LogP contribution in [-0.4, -0.2) is 26.3 Å². The van der Waals surface area contributed by atoms with Crippen molar-refractivity contribution in [2.75, 3.05) is 0 Å². The van der Waals surface area contributed by atoms with Crippen LogP contribution in [0.2, 0.25) is 0 Å². The SMILES string of the molecule is O=C(NC(C1CC1)C1CC1)c1nc(-c2cccnc2)n2ccccc12. The second kappa shape index (κ2) is 5.69. The van der Waals surface area contributed by atoms with Crippen LogP contribution in [0.25, 0.3) is 16.9 Å². The van der Waals surface area contributed by atoms with Crippen LogP contribution in [0.1, 0.15) is 36.2 Å². The van der Waals surface area contributed by atoms with Crippen molar-refractivity contribution in [2.45, 2.75) is 31.7 Å². The minimum Gasteiger partial charge on any atom is -0.347 e. The number of hydrogen-bond donors (Lipinski definition) is 1. The molecule has 5 rings (SSSR count). The molecule has 0 atom stereocenters. The average Bonchev–Trinajstić information content (AvgIpc) is 3.57. The molecule has 1 N–H and O–H groups in total. The van der Waals surface area contributed by atoms with E-state index in [0.717, 1.165) is 16.9 Å². The predicted molar refractivity (Wildman–Crippen MR) is 95.1 cm³/mol. The first-order chi connectivity index (χ1) is 12.3. The molecule has 3 aromatic heterocycles. The molecule has 126 valence electrons. The standard InChI is InChI=1S/C20H20N4O/c25-20(23-17(13-6-7-13)14-8-9-14)18-16-5-1-2-11-24(16)19(22-18)15-4-3-10-21-12-15/h1-5,10-14,17H,6-9H2,(H,23,25). The van der Waals surface area contributed by atoms with E-state index in [2.05, 4.69) is 15.3 Å². The Morgan fingerprint density at radius 3 is 2.60 bits per heavy atom. The highest BCUT2D eigenvalue weighted by Crippen LogP contribution is 2.44. The van der Waals surface area contributed by atoms with E-state index in [0.29, 0.717) is 23.6 Å². The molecule has 3 aromatic rings. The van der Waals surface area contributed by atoms with Crippen molar-refractivity contribution in [3.8, 4) is 11.4 Å². The van der Waals surface area contributed by atoms with Gasteiger partial charge in [0.1, 0.15) is 5.82 Å². The Morgan fingerprint density at radius 2 is 1.92 bits per heavy atom. The largest absolute Gasteiger partial charge is 0.347 e. The summed E-state index contributed by atoms with van der Waals surface area (Å²) in [6.45, 7) is 0. The molecule has 5 nitrogen and oxygen atoms in total. The molecule has 0 unspecified atom stereocenters. The molecule has 0 bridgehead atoms. The number of carbonyl (C=O) groups excluding carboxylic acids is 1. The van der Waals surface area contributed by atoms with E-state index < -0.39 is 0 Å². The number of nitrogens with one attached hydrogen (secondary N) is 1. The fourth-order valence-corrected chi connectivity index (χ4v) is 3.65. The summed E-state index contributed by atoms with van der Waals surface area (Å²) in [6, 6.07) is 10.0. The van der Waals surface area contributed by atoms with Gasteiger partial charge in [0, 0.05) is 30.2 Å². The topological polar surface area (TPSA) is 59.3 Å². The van der Waals surface area contributed by atoms with E-state index in [1.165, 1.54) is 25.7 Å². The molecule has 1 amide bonds. The molecular formula is C20H20N4O. The van der Waals surface area contributed by atoms with Crippen LogP contribution in [0.15, 0.2) is 48.9 Å². The third-order valence-electron chi connectivity index (χ3n) is 5.24. The lowest BCUT2D eigenvalue weighted by atomic mass is 10.1. The Morgan fingerprint density at radius 1 is 1.12 bits per heavy atom. The van der Waals surface area contributed by atoms with Gasteiger partial charge in [-0.25, -0.2) is 4.98 Å². The number of nitrogens with zero attached hydrogens (tertiary/aromatic N) is 3. The number of fused-ring (bicyclic) bond motifs is 1. The Labute approximate surface area is 146 Å². The van der Waals surface area contributed by atoms with Gasteiger partial charge in [-0.2, -0.15) is 0 Å². The van der Waals surface area contributed by atoms with Gasteiger partial charge in [0.15, 0.2) is 5.69 Å². The van der Waals surface area contributed by atoms with Crippen molar-refractivity contribution in [1.82, 2.24) is 19.7 Å². The highest BCUT2D eigenvalue weighted by Gasteiger charge is 2.42. The molecule has 2 fully saturated rings. The Kier molecular flexibility index (Phi) is 3.33. The van der Waals surface area contributed by atoms with Crippen LogP contribution < -0.4 is 5.32 Å². The van der Waals surface area contributed by atoms with Crippen molar-refractivity contribution < 1.29 is 4.79 Å².